The zero-order chi connectivity index (χ0) is 12.8. The van der Waals surface area contributed by atoms with Crippen LogP contribution in [0.2, 0.25) is 0 Å². The Kier molecular flexibility index (Phi) is 4.50. The highest BCUT2D eigenvalue weighted by Crippen LogP contribution is 1.96. The minimum atomic E-state index is -1.07. The molecule has 0 aliphatic carbocycles. The Bertz CT molecular complexity index is 402. The van der Waals surface area contributed by atoms with Crippen molar-refractivity contribution < 1.29 is 14.7 Å². The van der Waals surface area contributed by atoms with Crippen LogP contribution in [-0.2, 0) is 17.9 Å². The van der Waals surface area contributed by atoms with Crippen LogP contribution in [0.4, 0.5) is 4.79 Å². The van der Waals surface area contributed by atoms with Crippen molar-refractivity contribution in [2.45, 2.75) is 33.0 Å². The Labute approximate surface area is 98.8 Å². The number of carbonyl (C=O) groups is 2. The Morgan fingerprint density at radius 3 is 2.82 bits per heavy atom. The van der Waals surface area contributed by atoms with Crippen LogP contribution in [0.15, 0.2) is 12.4 Å². The van der Waals surface area contributed by atoms with Crippen LogP contribution < -0.4 is 10.6 Å². The molecule has 0 fully saturated rings. The summed E-state index contributed by atoms with van der Waals surface area (Å²) in [5.74, 6) is -1.07. The van der Waals surface area contributed by atoms with Gasteiger partial charge in [-0.05, 0) is 13.8 Å². The third kappa shape index (κ3) is 4.13. The van der Waals surface area contributed by atoms with Gasteiger partial charge in [-0.3, -0.25) is 9.48 Å². The minimum absolute atomic E-state index is 0.318. The average molecular weight is 240 g/mol. The molecule has 7 heteroatoms. The van der Waals surface area contributed by atoms with Crippen LogP contribution in [-0.4, -0.2) is 32.9 Å². The zero-order valence-corrected chi connectivity index (χ0v) is 9.80. The number of nitrogens with zero attached hydrogens (tertiary/aromatic N) is 2. The van der Waals surface area contributed by atoms with Gasteiger partial charge in [-0.1, -0.05) is 0 Å². The number of aliphatic carboxylic acids is 1. The van der Waals surface area contributed by atoms with Gasteiger partial charge in [-0.25, -0.2) is 4.79 Å². The number of carbonyl (C=O) groups excluding carboxylic acids is 1. The Hall–Kier alpha value is -2.05. The summed E-state index contributed by atoms with van der Waals surface area (Å²) >= 11 is 0. The first-order valence-corrected chi connectivity index (χ1v) is 5.31. The lowest BCUT2D eigenvalue weighted by atomic mass is 10.3. The van der Waals surface area contributed by atoms with E-state index in [1.165, 1.54) is 6.92 Å². The van der Waals surface area contributed by atoms with Crippen LogP contribution in [0.5, 0.6) is 0 Å². The Morgan fingerprint density at radius 1 is 1.59 bits per heavy atom. The van der Waals surface area contributed by atoms with Gasteiger partial charge in [0, 0.05) is 24.8 Å². The molecule has 0 saturated carbocycles. The van der Waals surface area contributed by atoms with Crippen LogP contribution in [0, 0.1) is 0 Å². The van der Waals surface area contributed by atoms with Crippen molar-refractivity contribution in [1.82, 2.24) is 20.4 Å². The van der Waals surface area contributed by atoms with E-state index in [4.69, 9.17) is 5.11 Å². The van der Waals surface area contributed by atoms with Crippen molar-refractivity contribution >= 4 is 12.0 Å². The smallest absolute Gasteiger partial charge is 0.325 e. The van der Waals surface area contributed by atoms with Gasteiger partial charge in [0.05, 0.1) is 6.20 Å². The molecule has 1 atom stereocenters. The molecule has 0 spiro atoms. The molecule has 1 unspecified atom stereocenters. The molecule has 17 heavy (non-hydrogen) atoms. The lowest BCUT2D eigenvalue weighted by molar-refractivity contribution is -0.138. The molecular weight excluding hydrogens is 224 g/mol. The number of nitrogens with one attached hydrogen (secondary N) is 2. The van der Waals surface area contributed by atoms with E-state index in [2.05, 4.69) is 15.7 Å². The van der Waals surface area contributed by atoms with E-state index in [9.17, 15) is 9.59 Å². The van der Waals surface area contributed by atoms with Gasteiger partial charge in [-0.15, -0.1) is 0 Å². The van der Waals surface area contributed by atoms with E-state index in [1.807, 2.05) is 13.1 Å². The number of hydrogen-bond acceptors (Lipinski definition) is 3. The summed E-state index contributed by atoms with van der Waals surface area (Å²) in [6.07, 6.45) is 3.48. The summed E-state index contributed by atoms with van der Waals surface area (Å²) < 4.78 is 1.74. The van der Waals surface area contributed by atoms with Crippen LogP contribution in [0.25, 0.3) is 0 Å². The van der Waals surface area contributed by atoms with Gasteiger partial charge in [0.2, 0.25) is 0 Å². The van der Waals surface area contributed by atoms with Gasteiger partial charge in [0.25, 0.3) is 0 Å². The first kappa shape index (κ1) is 13.0. The van der Waals surface area contributed by atoms with E-state index < -0.39 is 18.0 Å². The monoisotopic (exact) mass is 240 g/mol. The van der Waals surface area contributed by atoms with Gasteiger partial charge >= 0.3 is 12.0 Å². The number of amides is 2. The SMILES string of the molecule is CCn1cc(CNC(=O)NC(C)C(=O)O)cn1. The maximum Gasteiger partial charge on any atom is 0.325 e. The van der Waals surface area contributed by atoms with E-state index in [0.717, 1.165) is 12.1 Å². The second-order valence-corrected chi connectivity index (χ2v) is 3.59. The molecule has 1 rings (SSSR count). The summed E-state index contributed by atoms with van der Waals surface area (Å²) in [7, 11) is 0. The molecule has 1 heterocycles. The minimum Gasteiger partial charge on any atom is -0.480 e. The lowest BCUT2D eigenvalue weighted by Gasteiger charge is -2.09. The van der Waals surface area contributed by atoms with Crippen molar-refractivity contribution in [1.29, 1.82) is 0 Å². The highest BCUT2D eigenvalue weighted by molar-refractivity contribution is 5.82. The Balaban J connectivity index is 2.35. The van der Waals surface area contributed by atoms with Crippen LogP contribution >= 0.6 is 0 Å². The molecular formula is C10H16N4O3. The van der Waals surface area contributed by atoms with E-state index in [-0.39, 0.29) is 0 Å². The fourth-order valence-corrected chi connectivity index (χ4v) is 1.16. The van der Waals surface area contributed by atoms with Crippen LogP contribution in [0.1, 0.15) is 19.4 Å². The van der Waals surface area contributed by atoms with Gasteiger partial charge in [0.15, 0.2) is 0 Å². The number of hydrogen-bond donors (Lipinski definition) is 3. The summed E-state index contributed by atoms with van der Waals surface area (Å²) in [6.45, 7) is 4.45. The number of urea groups is 1. The third-order valence-corrected chi connectivity index (χ3v) is 2.18. The maximum atomic E-state index is 11.3. The average Bonchev–Trinajstić information content (AvgIpc) is 2.74. The lowest BCUT2D eigenvalue weighted by Crippen LogP contribution is -2.44. The number of aryl methyl sites for hydroxylation is 1. The third-order valence-electron chi connectivity index (χ3n) is 2.18. The van der Waals surface area contributed by atoms with Crippen molar-refractivity contribution in [3.05, 3.63) is 18.0 Å². The standard InChI is InChI=1S/C10H16N4O3/c1-3-14-6-8(5-12-14)4-11-10(17)13-7(2)9(15)16/h5-7H,3-4H2,1-2H3,(H,15,16)(H2,11,13,17). The fourth-order valence-electron chi connectivity index (χ4n) is 1.16. The highest BCUT2D eigenvalue weighted by atomic mass is 16.4. The van der Waals surface area contributed by atoms with Crippen molar-refractivity contribution in [2.75, 3.05) is 0 Å². The molecule has 94 valence electrons. The topological polar surface area (TPSA) is 96.2 Å². The van der Waals surface area contributed by atoms with Gasteiger partial charge < -0.3 is 15.7 Å². The molecule has 0 aliphatic rings. The van der Waals surface area contributed by atoms with Crippen molar-refractivity contribution in [3.63, 3.8) is 0 Å². The summed E-state index contributed by atoms with van der Waals surface area (Å²) in [5.41, 5.74) is 0.866. The first-order chi connectivity index (χ1) is 8.02. The number of carboxylic acids is 1. The van der Waals surface area contributed by atoms with Gasteiger partial charge in [0.1, 0.15) is 6.04 Å². The van der Waals surface area contributed by atoms with E-state index >= 15 is 0 Å². The summed E-state index contributed by atoms with van der Waals surface area (Å²) in [4.78, 5) is 21.8. The molecule has 1 aromatic heterocycles. The molecule has 2 amide bonds. The molecule has 0 radical (unpaired) electrons. The van der Waals surface area contributed by atoms with E-state index in [0.29, 0.717) is 6.54 Å². The summed E-state index contributed by atoms with van der Waals surface area (Å²) in [5, 5.41) is 17.5. The molecule has 1 aromatic rings. The second-order valence-electron chi connectivity index (χ2n) is 3.59. The highest BCUT2D eigenvalue weighted by Gasteiger charge is 2.13. The second kappa shape index (κ2) is 5.88. The number of rotatable bonds is 5. The van der Waals surface area contributed by atoms with E-state index in [1.54, 1.807) is 10.9 Å². The predicted octanol–water partition coefficient (Wildman–Crippen LogP) is 0.175. The zero-order valence-electron chi connectivity index (χ0n) is 9.80. The quantitative estimate of drug-likeness (QED) is 0.683. The van der Waals surface area contributed by atoms with Crippen molar-refractivity contribution in [3.8, 4) is 0 Å². The molecule has 0 saturated heterocycles. The molecule has 0 aromatic carbocycles. The Morgan fingerprint density at radius 2 is 2.29 bits per heavy atom. The predicted molar refractivity (Wildman–Crippen MR) is 60.4 cm³/mol. The largest absolute Gasteiger partial charge is 0.480 e. The molecule has 0 bridgehead atoms. The van der Waals surface area contributed by atoms with Crippen molar-refractivity contribution in [2.24, 2.45) is 0 Å². The maximum absolute atomic E-state index is 11.3. The van der Waals surface area contributed by atoms with Gasteiger partial charge in [-0.2, -0.15) is 5.10 Å². The molecule has 3 N–H and O–H groups in total. The molecule has 0 aliphatic heterocycles. The fraction of sp³-hybridized carbons (Fsp3) is 0.500. The van der Waals surface area contributed by atoms with Crippen LogP contribution in [0.3, 0.4) is 0 Å². The number of carboxylic acid groups (broad SMARTS) is 1. The first-order valence-electron chi connectivity index (χ1n) is 5.31. The normalized spacial score (nSPS) is 11.9. The summed E-state index contributed by atoms with van der Waals surface area (Å²) in [6, 6.07) is -1.42. The number of aromatic nitrogens is 2. The molecule has 7 nitrogen and oxygen atoms in total.